The molecule has 0 bridgehead atoms. The second-order valence-corrected chi connectivity index (χ2v) is 6.81. The van der Waals surface area contributed by atoms with E-state index in [1.807, 2.05) is 32.2 Å². The van der Waals surface area contributed by atoms with E-state index < -0.39 is 5.54 Å². The van der Waals surface area contributed by atoms with E-state index in [0.29, 0.717) is 18.3 Å². The number of hydrogen-bond acceptors (Lipinski definition) is 4. The van der Waals surface area contributed by atoms with Gasteiger partial charge in [-0.2, -0.15) is 0 Å². The van der Waals surface area contributed by atoms with Crippen LogP contribution in [0, 0.1) is 5.92 Å². The zero-order valence-corrected chi connectivity index (χ0v) is 14.2. The molecule has 1 unspecified atom stereocenters. The highest BCUT2D eigenvalue weighted by atomic mass is 79.9. The summed E-state index contributed by atoms with van der Waals surface area (Å²) >= 11 is 5.24. The van der Waals surface area contributed by atoms with Crippen LogP contribution in [0.4, 0.5) is 0 Å². The molecule has 0 spiro atoms. The average Bonchev–Trinajstić information content (AvgIpc) is 3.27. The van der Waals surface area contributed by atoms with Crippen LogP contribution in [0.15, 0.2) is 33.6 Å². The summed E-state index contributed by atoms with van der Waals surface area (Å²) < 4.78 is 6.36. The van der Waals surface area contributed by atoms with Gasteiger partial charge in [0.15, 0.2) is 0 Å². The first-order valence-corrected chi connectivity index (χ1v) is 8.65. The molecule has 0 aromatic heterocycles. The van der Waals surface area contributed by atoms with Crippen LogP contribution in [0.25, 0.3) is 0 Å². The van der Waals surface area contributed by atoms with Crippen LogP contribution >= 0.6 is 27.7 Å². The fourth-order valence-corrected chi connectivity index (χ4v) is 4.20. The highest BCUT2D eigenvalue weighted by Crippen LogP contribution is 2.43. The van der Waals surface area contributed by atoms with Gasteiger partial charge in [0.1, 0.15) is 5.54 Å². The fraction of sp³-hybridized carbons (Fsp3) is 0.533. The number of halogens is 1. The molecular formula is C15H20BrNO2S. The number of esters is 1. The lowest BCUT2D eigenvalue weighted by Gasteiger charge is -2.31. The van der Waals surface area contributed by atoms with E-state index in [-0.39, 0.29) is 5.97 Å². The minimum Gasteiger partial charge on any atom is -0.465 e. The van der Waals surface area contributed by atoms with Gasteiger partial charge in [-0.15, -0.1) is 11.8 Å². The predicted molar refractivity (Wildman–Crippen MR) is 86.0 cm³/mol. The van der Waals surface area contributed by atoms with E-state index in [9.17, 15) is 4.79 Å². The number of benzene rings is 1. The van der Waals surface area contributed by atoms with E-state index in [4.69, 9.17) is 4.74 Å². The van der Waals surface area contributed by atoms with E-state index in [2.05, 4.69) is 27.3 Å². The molecule has 110 valence electrons. The summed E-state index contributed by atoms with van der Waals surface area (Å²) in [6.07, 6.45) is 2.19. The first-order valence-electron chi connectivity index (χ1n) is 6.87. The van der Waals surface area contributed by atoms with Crippen molar-refractivity contribution in [3.8, 4) is 0 Å². The van der Waals surface area contributed by atoms with Crippen LogP contribution in [0.5, 0.6) is 0 Å². The maximum absolute atomic E-state index is 12.4. The second kappa shape index (κ2) is 6.96. The van der Waals surface area contributed by atoms with E-state index in [0.717, 1.165) is 22.2 Å². The molecule has 0 saturated heterocycles. The van der Waals surface area contributed by atoms with Crippen molar-refractivity contribution in [2.45, 2.75) is 30.2 Å². The van der Waals surface area contributed by atoms with Gasteiger partial charge in [-0.1, -0.05) is 12.1 Å². The number of hydrogen-bond donors (Lipinski definition) is 1. The van der Waals surface area contributed by atoms with Crippen molar-refractivity contribution in [1.29, 1.82) is 0 Å². The lowest BCUT2D eigenvalue weighted by molar-refractivity contribution is -0.150. The molecule has 0 heterocycles. The van der Waals surface area contributed by atoms with Crippen LogP contribution in [0.3, 0.4) is 0 Å². The molecule has 20 heavy (non-hydrogen) atoms. The number of rotatable bonds is 7. The number of carbonyl (C=O) groups excluding carboxylic acids is 1. The van der Waals surface area contributed by atoms with Crippen molar-refractivity contribution < 1.29 is 9.53 Å². The van der Waals surface area contributed by atoms with Gasteiger partial charge in [0, 0.05) is 15.1 Å². The normalized spacial score (nSPS) is 17.6. The average molecular weight is 358 g/mol. The zero-order chi connectivity index (χ0) is 14.6. The van der Waals surface area contributed by atoms with Crippen LogP contribution in [0.2, 0.25) is 0 Å². The van der Waals surface area contributed by atoms with Gasteiger partial charge in [-0.3, -0.25) is 4.79 Å². The third-order valence-corrected chi connectivity index (χ3v) is 5.87. The molecule has 1 aliphatic carbocycles. The van der Waals surface area contributed by atoms with Crippen LogP contribution in [-0.4, -0.2) is 30.9 Å². The first-order chi connectivity index (χ1) is 9.64. The molecule has 5 heteroatoms. The van der Waals surface area contributed by atoms with E-state index in [1.165, 1.54) is 0 Å². The Labute approximate surface area is 133 Å². The lowest BCUT2D eigenvalue weighted by atomic mass is 9.96. The molecule has 0 aliphatic heterocycles. The van der Waals surface area contributed by atoms with E-state index in [1.54, 1.807) is 11.8 Å². The van der Waals surface area contributed by atoms with Crippen molar-refractivity contribution >= 4 is 33.7 Å². The van der Waals surface area contributed by atoms with Crippen molar-refractivity contribution in [1.82, 2.24) is 5.32 Å². The molecule has 1 aromatic carbocycles. The largest absolute Gasteiger partial charge is 0.465 e. The van der Waals surface area contributed by atoms with Crippen LogP contribution in [-0.2, 0) is 9.53 Å². The Balaban J connectivity index is 2.12. The summed E-state index contributed by atoms with van der Waals surface area (Å²) in [5.74, 6) is 0.960. The second-order valence-electron chi connectivity index (χ2n) is 4.94. The van der Waals surface area contributed by atoms with Crippen LogP contribution < -0.4 is 5.32 Å². The van der Waals surface area contributed by atoms with Gasteiger partial charge >= 0.3 is 5.97 Å². The molecule has 1 saturated carbocycles. The van der Waals surface area contributed by atoms with Gasteiger partial charge in [0.05, 0.1) is 6.61 Å². The molecule has 0 radical (unpaired) electrons. The highest BCUT2D eigenvalue weighted by Gasteiger charge is 2.51. The number of nitrogens with one attached hydrogen (secondary N) is 1. The molecule has 0 amide bonds. The third-order valence-electron chi connectivity index (χ3n) is 3.65. The number of likely N-dealkylation sites (N-methyl/N-ethyl adjacent to an activating group) is 1. The Morgan fingerprint density at radius 2 is 2.20 bits per heavy atom. The maximum Gasteiger partial charge on any atom is 0.327 e. The minimum atomic E-state index is -0.560. The maximum atomic E-state index is 12.4. The summed E-state index contributed by atoms with van der Waals surface area (Å²) in [7, 11) is 1.86. The topological polar surface area (TPSA) is 38.3 Å². The van der Waals surface area contributed by atoms with Gasteiger partial charge < -0.3 is 10.1 Å². The van der Waals surface area contributed by atoms with Gasteiger partial charge in [0.25, 0.3) is 0 Å². The number of ether oxygens (including phenoxy) is 1. The number of carbonyl (C=O) groups is 1. The Bertz CT molecular complexity index is 479. The van der Waals surface area contributed by atoms with E-state index >= 15 is 0 Å². The Morgan fingerprint density at radius 1 is 1.50 bits per heavy atom. The minimum absolute atomic E-state index is 0.121. The van der Waals surface area contributed by atoms with Gasteiger partial charge in [0.2, 0.25) is 0 Å². The molecule has 2 rings (SSSR count). The fourth-order valence-electron chi connectivity index (χ4n) is 2.31. The Hall–Kier alpha value is -0.520. The molecule has 1 atom stereocenters. The summed E-state index contributed by atoms with van der Waals surface area (Å²) in [6.45, 7) is 2.28. The Kier molecular flexibility index (Phi) is 5.52. The molecule has 1 aromatic rings. The van der Waals surface area contributed by atoms with Crippen molar-refractivity contribution in [2.24, 2.45) is 5.92 Å². The summed E-state index contributed by atoms with van der Waals surface area (Å²) in [5, 5.41) is 3.24. The summed E-state index contributed by atoms with van der Waals surface area (Å²) in [6, 6.07) is 8.08. The smallest absolute Gasteiger partial charge is 0.327 e. The molecular weight excluding hydrogens is 338 g/mol. The molecule has 1 N–H and O–H groups in total. The SMILES string of the molecule is CCOC(=O)C(CSc1ccccc1Br)(NC)C1CC1. The number of thioether (sulfide) groups is 1. The molecule has 1 fully saturated rings. The lowest BCUT2D eigenvalue weighted by Crippen LogP contribution is -2.55. The molecule has 1 aliphatic rings. The van der Waals surface area contributed by atoms with Gasteiger partial charge in [-0.25, -0.2) is 0 Å². The highest BCUT2D eigenvalue weighted by molar-refractivity contribution is 9.10. The monoisotopic (exact) mass is 357 g/mol. The van der Waals surface area contributed by atoms with Crippen LogP contribution in [0.1, 0.15) is 19.8 Å². The first kappa shape index (κ1) is 15.9. The Morgan fingerprint density at radius 3 is 2.75 bits per heavy atom. The molecule has 3 nitrogen and oxygen atoms in total. The summed E-state index contributed by atoms with van der Waals surface area (Å²) in [5.41, 5.74) is -0.560. The standard InChI is InChI=1S/C15H20BrNO2S/c1-3-19-14(18)15(17-2,11-8-9-11)10-20-13-7-5-4-6-12(13)16/h4-7,11,17H,3,8-10H2,1-2H3. The third kappa shape index (κ3) is 3.38. The quantitative estimate of drug-likeness (QED) is 0.598. The van der Waals surface area contributed by atoms with Crippen molar-refractivity contribution in [2.75, 3.05) is 19.4 Å². The summed E-state index contributed by atoms with van der Waals surface area (Å²) in [4.78, 5) is 13.5. The van der Waals surface area contributed by atoms with Crippen molar-refractivity contribution in [3.63, 3.8) is 0 Å². The van der Waals surface area contributed by atoms with Crippen molar-refractivity contribution in [3.05, 3.63) is 28.7 Å². The predicted octanol–water partition coefficient (Wildman–Crippen LogP) is 3.47. The zero-order valence-electron chi connectivity index (χ0n) is 11.8. The van der Waals surface area contributed by atoms with Gasteiger partial charge in [-0.05, 0) is 60.8 Å².